The first-order chi connectivity index (χ1) is 13.8. The molecule has 28 heavy (non-hydrogen) atoms. The summed E-state index contributed by atoms with van der Waals surface area (Å²) in [7, 11) is 0. The number of nitrogens with zero attached hydrogens (tertiary/aromatic N) is 2. The molecule has 0 aromatic carbocycles. The maximum atomic E-state index is 2.51. The second-order valence-electron chi connectivity index (χ2n) is 8.76. The van der Waals surface area contributed by atoms with E-state index in [4.69, 9.17) is 0 Å². The number of aryl methyl sites for hydroxylation is 2. The van der Waals surface area contributed by atoms with Crippen LogP contribution in [0, 0.1) is 0 Å². The highest BCUT2D eigenvalue weighted by Gasteiger charge is 2.14. The van der Waals surface area contributed by atoms with Crippen molar-refractivity contribution in [1.82, 2.24) is 4.57 Å². The largest absolute Gasteiger partial charge is 0.256 e. The van der Waals surface area contributed by atoms with Crippen LogP contribution in [-0.4, -0.2) is 4.57 Å². The van der Waals surface area contributed by atoms with Crippen LogP contribution in [0.4, 0.5) is 0 Å². The predicted molar refractivity (Wildman–Crippen MR) is 124 cm³/mol. The minimum absolute atomic E-state index is 1.15. The fraction of sp³-hybridized carbons (Fsp3) is 0.885. The third-order valence-electron chi connectivity index (χ3n) is 6.16. The van der Waals surface area contributed by atoms with Gasteiger partial charge in [-0.15, -0.1) is 0 Å². The Morgan fingerprint density at radius 3 is 1.57 bits per heavy atom. The summed E-state index contributed by atoms with van der Waals surface area (Å²) >= 11 is 0. The van der Waals surface area contributed by atoms with Gasteiger partial charge in [-0.3, -0.25) is 0 Å². The summed E-state index contributed by atoms with van der Waals surface area (Å²) in [6.07, 6.45) is 29.9. The third kappa shape index (κ3) is 11.9. The van der Waals surface area contributed by atoms with Crippen molar-refractivity contribution in [3.63, 3.8) is 0 Å². The van der Waals surface area contributed by atoms with Crippen LogP contribution >= 0.6 is 0 Å². The van der Waals surface area contributed by atoms with Crippen molar-refractivity contribution < 1.29 is 4.57 Å². The molecule has 0 radical (unpaired) electrons. The van der Waals surface area contributed by atoms with Gasteiger partial charge in [-0.05, 0) is 25.7 Å². The molecule has 164 valence electrons. The van der Waals surface area contributed by atoms with Gasteiger partial charge in [0.2, 0.25) is 0 Å². The van der Waals surface area contributed by atoms with E-state index in [0.29, 0.717) is 0 Å². The molecular weight excluding hydrogens is 340 g/mol. The van der Waals surface area contributed by atoms with Gasteiger partial charge in [0.15, 0.2) is 0 Å². The molecule has 0 bridgehead atoms. The summed E-state index contributed by atoms with van der Waals surface area (Å²) in [6.45, 7) is 9.29. The Morgan fingerprint density at radius 2 is 1.07 bits per heavy atom. The van der Waals surface area contributed by atoms with E-state index in [-0.39, 0.29) is 0 Å². The van der Waals surface area contributed by atoms with Gasteiger partial charge in [-0.1, -0.05) is 104 Å². The second kappa shape index (κ2) is 18.3. The molecule has 0 spiro atoms. The first-order valence-corrected chi connectivity index (χ1v) is 12.9. The standard InChI is InChI=1S/C26H51N2/c1-4-7-9-10-11-12-13-14-15-16-17-18-19-21-23-28-25-24-27(26(28)6-3)22-20-8-5-2/h24-25H,4-23H2,1-3H3/q+1. The molecule has 1 aromatic rings. The molecule has 0 aliphatic heterocycles. The lowest BCUT2D eigenvalue weighted by atomic mass is 10.0. The zero-order valence-electron chi connectivity index (χ0n) is 19.7. The minimum Gasteiger partial charge on any atom is -0.234 e. The Labute approximate surface area is 177 Å². The molecule has 0 aliphatic carbocycles. The first-order valence-electron chi connectivity index (χ1n) is 12.9. The monoisotopic (exact) mass is 391 g/mol. The normalized spacial score (nSPS) is 11.4. The molecule has 0 atom stereocenters. The maximum absolute atomic E-state index is 2.51. The molecule has 0 saturated heterocycles. The van der Waals surface area contributed by atoms with Crippen molar-refractivity contribution in [2.45, 2.75) is 149 Å². The Kier molecular flexibility index (Phi) is 16.5. The summed E-state index contributed by atoms with van der Waals surface area (Å²) in [5.41, 5.74) is 0. The zero-order chi connectivity index (χ0) is 20.3. The van der Waals surface area contributed by atoms with Crippen LogP contribution in [0.15, 0.2) is 12.4 Å². The molecule has 1 rings (SSSR count). The molecule has 2 heteroatoms. The van der Waals surface area contributed by atoms with Crippen LogP contribution in [-0.2, 0) is 19.5 Å². The molecule has 1 heterocycles. The van der Waals surface area contributed by atoms with Crippen LogP contribution in [0.25, 0.3) is 0 Å². The van der Waals surface area contributed by atoms with Gasteiger partial charge in [-0.25, -0.2) is 9.13 Å². The highest BCUT2D eigenvalue weighted by molar-refractivity contribution is 4.83. The Hall–Kier alpha value is -0.790. The lowest BCUT2D eigenvalue weighted by molar-refractivity contribution is -0.704. The summed E-state index contributed by atoms with van der Waals surface area (Å²) in [5, 5.41) is 0. The van der Waals surface area contributed by atoms with E-state index in [1.807, 2.05) is 0 Å². The fourth-order valence-electron chi connectivity index (χ4n) is 4.32. The van der Waals surface area contributed by atoms with Gasteiger partial charge in [0.1, 0.15) is 12.4 Å². The zero-order valence-corrected chi connectivity index (χ0v) is 19.7. The van der Waals surface area contributed by atoms with E-state index in [1.165, 1.54) is 128 Å². The predicted octanol–water partition coefficient (Wildman–Crippen LogP) is 8.01. The average Bonchev–Trinajstić information content (AvgIpc) is 3.10. The van der Waals surface area contributed by atoms with Crippen LogP contribution in [0.5, 0.6) is 0 Å². The van der Waals surface area contributed by atoms with Crippen molar-refractivity contribution in [3.8, 4) is 0 Å². The van der Waals surface area contributed by atoms with Crippen LogP contribution in [0.1, 0.15) is 136 Å². The fourth-order valence-corrected chi connectivity index (χ4v) is 4.32. The van der Waals surface area contributed by atoms with E-state index >= 15 is 0 Å². The Bertz CT molecular complexity index is 449. The van der Waals surface area contributed by atoms with Gasteiger partial charge >= 0.3 is 0 Å². The van der Waals surface area contributed by atoms with E-state index in [1.54, 1.807) is 0 Å². The van der Waals surface area contributed by atoms with E-state index in [2.05, 4.69) is 42.3 Å². The summed E-state index contributed by atoms with van der Waals surface area (Å²) in [4.78, 5) is 0. The summed E-state index contributed by atoms with van der Waals surface area (Å²) in [5.74, 6) is 1.52. The molecular formula is C26H51N2+. The van der Waals surface area contributed by atoms with E-state index < -0.39 is 0 Å². The summed E-state index contributed by atoms with van der Waals surface area (Å²) < 4.78 is 4.99. The van der Waals surface area contributed by atoms with Crippen molar-refractivity contribution >= 4 is 0 Å². The van der Waals surface area contributed by atoms with Gasteiger partial charge < -0.3 is 0 Å². The first kappa shape index (κ1) is 25.2. The van der Waals surface area contributed by atoms with Crippen LogP contribution in [0.3, 0.4) is 0 Å². The highest BCUT2D eigenvalue weighted by Crippen LogP contribution is 2.13. The highest BCUT2D eigenvalue weighted by atomic mass is 15.1. The number of unbranched alkanes of at least 4 members (excludes halogenated alkanes) is 15. The third-order valence-corrected chi connectivity index (χ3v) is 6.16. The number of imidazole rings is 1. The van der Waals surface area contributed by atoms with E-state index in [0.717, 1.165) is 6.42 Å². The lowest BCUT2D eigenvalue weighted by Gasteiger charge is -2.04. The number of hydrogen-bond donors (Lipinski definition) is 0. The van der Waals surface area contributed by atoms with Crippen molar-refractivity contribution in [2.75, 3.05) is 0 Å². The minimum atomic E-state index is 1.15. The van der Waals surface area contributed by atoms with Crippen LogP contribution in [0.2, 0.25) is 0 Å². The maximum Gasteiger partial charge on any atom is 0.256 e. The SMILES string of the molecule is CCCCCCCCCCCCCCCCn1cc[n+](CCCCC)c1CC. The molecule has 0 aliphatic rings. The Morgan fingerprint density at radius 1 is 0.607 bits per heavy atom. The summed E-state index contributed by atoms with van der Waals surface area (Å²) in [6, 6.07) is 0. The molecule has 1 aromatic heterocycles. The quantitative estimate of drug-likeness (QED) is 0.157. The molecule has 0 unspecified atom stereocenters. The van der Waals surface area contributed by atoms with Crippen LogP contribution < -0.4 is 4.57 Å². The van der Waals surface area contributed by atoms with E-state index in [9.17, 15) is 0 Å². The average molecular weight is 392 g/mol. The van der Waals surface area contributed by atoms with Crippen molar-refractivity contribution in [3.05, 3.63) is 18.2 Å². The van der Waals surface area contributed by atoms with Crippen molar-refractivity contribution in [1.29, 1.82) is 0 Å². The topological polar surface area (TPSA) is 8.81 Å². The molecule has 0 fully saturated rings. The number of hydrogen-bond acceptors (Lipinski definition) is 0. The number of aromatic nitrogens is 2. The van der Waals surface area contributed by atoms with Gasteiger partial charge in [0.25, 0.3) is 5.82 Å². The number of rotatable bonds is 20. The second-order valence-corrected chi connectivity index (χ2v) is 8.76. The molecule has 0 amide bonds. The molecule has 0 N–H and O–H groups in total. The van der Waals surface area contributed by atoms with Gasteiger partial charge in [-0.2, -0.15) is 0 Å². The van der Waals surface area contributed by atoms with Crippen molar-refractivity contribution in [2.24, 2.45) is 0 Å². The van der Waals surface area contributed by atoms with Gasteiger partial charge in [0.05, 0.1) is 13.1 Å². The van der Waals surface area contributed by atoms with Gasteiger partial charge in [0, 0.05) is 6.42 Å². The lowest BCUT2D eigenvalue weighted by Crippen LogP contribution is -2.37. The Balaban J connectivity index is 1.97. The molecule has 0 saturated carbocycles. The molecule has 2 nitrogen and oxygen atoms in total. The smallest absolute Gasteiger partial charge is 0.234 e.